The molecule has 1 N–H and O–H groups in total. The summed E-state index contributed by atoms with van der Waals surface area (Å²) >= 11 is 7.90. The Morgan fingerprint density at radius 1 is 1.03 bits per heavy atom. The van der Waals surface area contributed by atoms with Gasteiger partial charge in [0.2, 0.25) is 0 Å². The molecule has 29 heavy (non-hydrogen) atoms. The Bertz CT molecular complexity index is 926. The number of hydrogen-bond donors (Lipinski definition) is 1. The van der Waals surface area contributed by atoms with Gasteiger partial charge in [-0.15, -0.1) is 11.3 Å². The second kappa shape index (κ2) is 9.63. The molecule has 1 aromatic heterocycles. The van der Waals surface area contributed by atoms with Crippen LogP contribution in [0, 0.1) is 0 Å². The lowest BCUT2D eigenvalue weighted by Gasteiger charge is -2.35. The zero-order valence-corrected chi connectivity index (χ0v) is 18.0. The first-order valence-electron chi connectivity index (χ1n) is 9.79. The van der Waals surface area contributed by atoms with Gasteiger partial charge >= 0.3 is 0 Å². The van der Waals surface area contributed by atoms with Crippen LogP contribution in [0.5, 0.6) is 11.5 Å². The van der Waals surface area contributed by atoms with E-state index in [1.165, 1.54) is 10.4 Å². The lowest BCUT2D eigenvalue weighted by Crippen LogP contribution is -2.45. The van der Waals surface area contributed by atoms with E-state index < -0.39 is 0 Å². The molecule has 0 radical (unpaired) electrons. The maximum absolute atomic E-state index is 6.26. The quantitative estimate of drug-likeness (QED) is 0.575. The van der Waals surface area contributed by atoms with Gasteiger partial charge in [0.25, 0.3) is 0 Å². The van der Waals surface area contributed by atoms with Crippen molar-refractivity contribution in [1.82, 2.24) is 10.2 Å². The summed E-state index contributed by atoms with van der Waals surface area (Å²) in [6.45, 7) is 4.48. The third kappa shape index (κ3) is 4.93. The van der Waals surface area contributed by atoms with Crippen molar-refractivity contribution in [2.45, 2.75) is 12.6 Å². The highest BCUT2D eigenvalue weighted by Crippen LogP contribution is 2.39. The van der Waals surface area contributed by atoms with E-state index in [1.54, 1.807) is 18.4 Å². The first kappa shape index (κ1) is 20.2. The van der Waals surface area contributed by atoms with E-state index in [0.717, 1.165) is 47.6 Å². The van der Waals surface area contributed by atoms with Gasteiger partial charge in [-0.25, -0.2) is 0 Å². The summed E-state index contributed by atoms with van der Waals surface area (Å²) in [5.74, 6) is 1.50. The number of thiophene rings is 1. The Hall–Kier alpha value is -2.05. The van der Waals surface area contributed by atoms with Crippen LogP contribution in [0.1, 0.15) is 22.0 Å². The van der Waals surface area contributed by atoms with Crippen molar-refractivity contribution >= 4 is 22.9 Å². The Balaban J connectivity index is 1.60. The summed E-state index contributed by atoms with van der Waals surface area (Å²) < 4.78 is 12.5. The Morgan fingerprint density at radius 3 is 2.52 bits per heavy atom. The molecule has 152 valence electrons. The fourth-order valence-corrected chi connectivity index (χ4v) is 4.90. The minimum atomic E-state index is 0.159. The van der Waals surface area contributed by atoms with Crippen LogP contribution in [0.2, 0.25) is 4.34 Å². The standard InChI is InChI=1S/C23H25ClN2O2S/c1-27-20-15-18(7-8-19(20)28-16-17-5-3-2-4-6-17)23(21-9-10-22(24)29-21)26-13-11-25-12-14-26/h2-10,15,23,25H,11-14,16H2,1H3. The SMILES string of the molecule is COc1cc(C(c2ccc(Cl)s2)N2CCNCC2)ccc1OCc1ccccc1. The highest BCUT2D eigenvalue weighted by Gasteiger charge is 2.26. The van der Waals surface area contributed by atoms with Crippen molar-refractivity contribution in [2.75, 3.05) is 33.3 Å². The number of methoxy groups -OCH3 is 1. The van der Waals surface area contributed by atoms with Crippen molar-refractivity contribution in [3.05, 3.63) is 81.0 Å². The number of ether oxygens (including phenoxy) is 2. The molecule has 0 amide bonds. The lowest BCUT2D eigenvalue weighted by atomic mass is 10.0. The molecule has 3 aromatic rings. The van der Waals surface area contributed by atoms with E-state index >= 15 is 0 Å². The number of benzene rings is 2. The summed E-state index contributed by atoms with van der Waals surface area (Å²) in [5, 5.41) is 3.43. The lowest BCUT2D eigenvalue weighted by molar-refractivity contribution is 0.200. The molecule has 1 fully saturated rings. The molecule has 2 heterocycles. The molecule has 4 rings (SSSR count). The molecule has 6 heteroatoms. The first-order chi connectivity index (χ1) is 14.2. The third-order valence-corrected chi connectivity index (χ3v) is 6.40. The van der Waals surface area contributed by atoms with Crippen LogP contribution in [0.3, 0.4) is 0 Å². The molecule has 0 aliphatic carbocycles. The van der Waals surface area contributed by atoms with Gasteiger partial charge in [-0.3, -0.25) is 4.90 Å². The Morgan fingerprint density at radius 2 is 1.83 bits per heavy atom. The molecule has 1 atom stereocenters. The normalized spacial score (nSPS) is 15.8. The zero-order valence-electron chi connectivity index (χ0n) is 16.4. The number of halogens is 1. The molecule has 2 aromatic carbocycles. The average molecular weight is 429 g/mol. The van der Waals surface area contributed by atoms with E-state index in [4.69, 9.17) is 21.1 Å². The number of piperazine rings is 1. The largest absolute Gasteiger partial charge is 0.493 e. The van der Waals surface area contributed by atoms with Crippen molar-refractivity contribution in [1.29, 1.82) is 0 Å². The third-order valence-electron chi connectivity index (χ3n) is 5.12. The second-order valence-electron chi connectivity index (χ2n) is 7.01. The average Bonchev–Trinajstić information content (AvgIpc) is 3.20. The van der Waals surface area contributed by atoms with Crippen molar-refractivity contribution < 1.29 is 9.47 Å². The fraction of sp³-hybridized carbons (Fsp3) is 0.304. The van der Waals surface area contributed by atoms with Gasteiger partial charge in [-0.2, -0.15) is 0 Å². The predicted molar refractivity (Wildman–Crippen MR) is 119 cm³/mol. The van der Waals surface area contributed by atoms with Crippen LogP contribution in [-0.4, -0.2) is 38.2 Å². The van der Waals surface area contributed by atoms with Gasteiger partial charge in [0.05, 0.1) is 17.5 Å². The van der Waals surface area contributed by atoms with Crippen molar-refractivity contribution in [3.63, 3.8) is 0 Å². The maximum atomic E-state index is 6.26. The smallest absolute Gasteiger partial charge is 0.161 e. The minimum Gasteiger partial charge on any atom is -0.493 e. The number of rotatable bonds is 7. The molecule has 1 aliphatic heterocycles. The highest BCUT2D eigenvalue weighted by molar-refractivity contribution is 7.16. The van der Waals surface area contributed by atoms with Crippen LogP contribution in [0.15, 0.2) is 60.7 Å². The van der Waals surface area contributed by atoms with E-state index in [2.05, 4.69) is 40.5 Å². The summed E-state index contributed by atoms with van der Waals surface area (Å²) in [6.07, 6.45) is 0. The van der Waals surface area contributed by atoms with Crippen LogP contribution in [-0.2, 0) is 6.61 Å². The predicted octanol–water partition coefficient (Wildman–Crippen LogP) is 4.98. The molecular weight excluding hydrogens is 404 g/mol. The molecule has 0 spiro atoms. The molecule has 0 saturated carbocycles. The van der Waals surface area contributed by atoms with Gasteiger partial charge in [0.1, 0.15) is 6.61 Å². The Kier molecular flexibility index (Phi) is 6.72. The summed E-state index contributed by atoms with van der Waals surface area (Å²) in [4.78, 5) is 3.75. The van der Waals surface area contributed by atoms with Gasteiger partial charge < -0.3 is 14.8 Å². The van der Waals surface area contributed by atoms with Gasteiger partial charge in [-0.1, -0.05) is 48.0 Å². The van der Waals surface area contributed by atoms with E-state index in [-0.39, 0.29) is 6.04 Å². The Labute approximate surface area is 181 Å². The number of hydrogen-bond acceptors (Lipinski definition) is 5. The van der Waals surface area contributed by atoms with Gasteiger partial charge in [0.15, 0.2) is 11.5 Å². The monoisotopic (exact) mass is 428 g/mol. The maximum Gasteiger partial charge on any atom is 0.161 e. The summed E-state index contributed by atoms with van der Waals surface area (Å²) in [7, 11) is 1.69. The molecule has 0 bridgehead atoms. The molecular formula is C23H25ClN2O2S. The van der Waals surface area contributed by atoms with Gasteiger partial charge in [0, 0.05) is 31.1 Å². The molecule has 1 unspecified atom stereocenters. The topological polar surface area (TPSA) is 33.7 Å². The first-order valence-corrected chi connectivity index (χ1v) is 11.0. The molecule has 1 saturated heterocycles. The fourth-order valence-electron chi connectivity index (χ4n) is 3.68. The van der Waals surface area contributed by atoms with Crippen molar-refractivity contribution in [2.24, 2.45) is 0 Å². The van der Waals surface area contributed by atoms with Crippen LogP contribution >= 0.6 is 22.9 Å². The van der Waals surface area contributed by atoms with Crippen LogP contribution in [0.4, 0.5) is 0 Å². The summed E-state index contributed by atoms with van der Waals surface area (Å²) in [5.41, 5.74) is 2.32. The van der Waals surface area contributed by atoms with Crippen LogP contribution < -0.4 is 14.8 Å². The van der Waals surface area contributed by atoms with Crippen LogP contribution in [0.25, 0.3) is 0 Å². The second-order valence-corrected chi connectivity index (χ2v) is 8.76. The number of nitrogens with one attached hydrogen (secondary N) is 1. The van der Waals surface area contributed by atoms with E-state index in [0.29, 0.717) is 6.61 Å². The van der Waals surface area contributed by atoms with E-state index in [9.17, 15) is 0 Å². The minimum absolute atomic E-state index is 0.159. The molecule has 4 nitrogen and oxygen atoms in total. The van der Waals surface area contributed by atoms with E-state index in [1.807, 2.05) is 30.3 Å². The highest BCUT2D eigenvalue weighted by atomic mass is 35.5. The number of nitrogens with zero attached hydrogens (tertiary/aromatic N) is 1. The summed E-state index contributed by atoms with van der Waals surface area (Å²) in [6, 6.07) is 20.7. The van der Waals surface area contributed by atoms with Gasteiger partial charge in [-0.05, 0) is 35.4 Å². The molecule has 1 aliphatic rings. The zero-order chi connectivity index (χ0) is 20.1. The van der Waals surface area contributed by atoms with Crippen molar-refractivity contribution in [3.8, 4) is 11.5 Å².